The zero-order chi connectivity index (χ0) is 18.9. The highest BCUT2D eigenvalue weighted by Crippen LogP contribution is 2.27. The fourth-order valence-corrected chi connectivity index (χ4v) is 4.21. The van der Waals surface area contributed by atoms with Gasteiger partial charge in [0.2, 0.25) is 5.91 Å². The number of nitrogens with one attached hydrogen (secondary N) is 2. The average Bonchev–Trinajstić information content (AvgIpc) is 3.32. The summed E-state index contributed by atoms with van der Waals surface area (Å²) in [6, 6.07) is 0.742. The van der Waals surface area contributed by atoms with E-state index in [2.05, 4.69) is 48.1 Å². The molecule has 2 aliphatic rings. The maximum absolute atomic E-state index is 12.6. The molecular weight excluding hydrogens is 453 g/mol. The van der Waals surface area contributed by atoms with E-state index in [9.17, 15) is 4.79 Å². The standard InChI is InChI=1S/C20H39N5O.HI/c1-5-21-20(22-14-16(4)24(6-2)7-3)23-18-12-13-25(15-18)19(26)17-10-8-9-11-17;/h16-18H,5-15H2,1-4H3,(H2,21,22,23);1H. The maximum Gasteiger partial charge on any atom is 0.225 e. The molecule has 0 spiro atoms. The van der Waals surface area contributed by atoms with Crippen LogP contribution in [0, 0.1) is 5.92 Å². The summed E-state index contributed by atoms with van der Waals surface area (Å²) in [6.45, 7) is 14.2. The second kappa shape index (κ2) is 12.8. The Kier molecular flexibility index (Phi) is 11.6. The molecular formula is C20H40IN5O. The number of hydrogen-bond donors (Lipinski definition) is 2. The minimum atomic E-state index is 0. The highest BCUT2D eigenvalue weighted by Gasteiger charge is 2.32. The van der Waals surface area contributed by atoms with Crippen molar-refractivity contribution in [1.29, 1.82) is 0 Å². The maximum atomic E-state index is 12.6. The lowest BCUT2D eigenvalue weighted by Crippen LogP contribution is -2.46. The van der Waals surface area contributed by atoms with E-state index in [1.54, 1.807) is 0 Å². The Morgan fingerprint density at radius 1 is 1.19 bits per heavy atom. The van der Waals surface area contributed by atoms with Crippen LogP contribution in [0.4, 0.5) is 0 Å². The number of likely N-dealkylation sites (tertiary alicyclic amines) is 1. The van der Waals surface area contributed by atoms with Crippen molar-refractivity contribution in [3.63, 3.8) is 0 Å². The van der Waals surface area contributed by atoms with E-state index in [1.807, 2.05) is 0 Å². The van der Waals surface area contributed by atoms with Crippen molar-refractivity contribution in [2.24, 2.45) is 10.9 Å². The number of nitrogens with zero attached hydrogens (tertiary/aromatic N) is 3. The van der Waals surface area contributed by atoms with Gasteiger partial charge in [0.15, 0.2) is 5.96 Å². The lowest BCUT2D eigenvalue weighted by Gasteiger charge is -2.25. The molecule has 7 heteroatoms. The van der Waals surface area contributed by atoms with Crippen LogP contribution in [-0.4, -0.2) is 73.0 Å². The van der Waals surface area contributed by atoms with Crippen LogP contribution in [0.5, 0.6) is 0 Å². The molecule has 158 valence electrons. The van der Waals surface area contributed by atoms with Gasteiger partial charge in [-0.1, -0.05) is 26.7 Å². The number of carbonyl (C=O) groups is 1. The van der Waals surface area contributed by atoms with Crippen molar-refractivity contribution in [2.45, 2.75) is 71.9 Å². The fourth-order valence-electron chi connectivity index (χ4n) is 4.21. The van der Waals surface area contributed by atoms with E-state index < -0.39 is 0 Å². The van der Waals surface area contributed by atoms with Crippen molar-refractivity contribution in [1.82, 2.24) is 20.4 Å². The number of hydrogen-bond acceptors (Lipinski definition) is 3. The molecule has 1 saturated heterocycles. The lowest BCUT2D eigenvalue weighted by molar-refractivity contribution is -0.134. The topological polar surface area (TPSA) is 60.0 Å². The minimum Gasteiger partial charge on any atom is -0.357 e. The fraction of sp³-hybridized carbons (Fsp3) is 0.900. The van der Waals surface area contributed by atoms with Crippen molar-refractivity contribution in [3.8, 4) is 0 Å². The average molecular weight is 493 g/mol. The first-order chi connectivity index (χ1) is 12.6. The van der Waals surface area contributed by atoms with Gasteiger partial charge in [-0.2, -0.15) is 0 Å². The number of aliphatic imine (C=N–C) groups is 1. The number of halogens is 1. The first-order valence-corrected chi connectivity index (χ1v) is 10.7. The van der Waals surface area contributed by atoms with Crippen LogP contribution in [0.3, 0.4) is 0 Å². The molecule has 1 aliphatic heterocycles. The van der Waals surface area contributed by atoms with Crippen molar-refractivity contribution in [3.05, 3.63) is 0 Å². The minimum absolute atomic E-state index is 0. The number of carbonyl (C=O) groups excluding carboxylic acids is 1. The van der Waals surface area contributed by atoms with Gasteiger partial charge in [0.25, 0.3) is 0 Å². The third-order valence-electron chi connectivity index (χ3n) is 5.84. The predicted molar refractivity (Wildman–Crippen MR) is 124 cm³/mol. The van der Waals surface area contributed by atoms with Crippen molar-refractivity contribution < 1.29 is 4.79 Å². The van der Waals surface area contributed by atoms with Gasteiger partial charge in [0, 0.05) is 37.6 Å². The molecule has 2 unspecified atom stereocenters. The van der Waals surface area contributed by atoms with Crippen LogP contribution in [0.1, 0.15) is 59.8 Å². The van der Waals surface area contributed by atoms with Crippen molar-refractivity contribution in [2.75, 3.05) is 39.3 Å². The molecule has 1 amide bonds. The largest absolute Gasteiger partial charge is 0.357 e. The molecule has 1 saturated carbocycles. The second-order valence-corrected chi connectivity index (χ2v) is 7.69. The van der Waals surface area contributed by atoms with Gasteiger partial charge in [-0.05, 0) is 46.2 Å². The van der Waals surface area contributed by atoms with E-state index in [0.29, 0.717) is 18.0 Å². The number of amides is 1. The van der Waals surface area contributed by atoms with Crippen LogP contribution in [0.2, 0.25) is 0 Å². The van der Waals surface area contributed by atoms with Crippen LogP contribution in [0.15, 0.2) is 4.99 Å². The van der Waals surface area contributed by atoms with Gasteiger partial charge < -0.3 is 15.5 Å². The van der Waals surface area contributed by atoms with Crippen LogP contribution < -0.4 is 10.6 Å². The Morgan fingerprint density at radius 3 is 2.44 bits per heavy atom. The molecule has 0 radical (unpaired) electrons. The van der Waals surface area contributed by atoms with Gasteiger partial charge in [-0.3, -0.25) is 14.7 Å². The third kappa shape index (κ3) is 7.40. The Bertz CT molecular complexity index is 463. The summed E-state index contributed by atoms with van der Waals surface area (Å²) in [7, 11) is 0. The first-order valence-electron chi connectivity index (χ1n) is 10.7. The molecule has 1 heterocycles. The molecule has 0 aromatic heterocycles. The Labute approximate surface area is 182 Å². The molecule has 0 bridgehead atoms. The zero-order valence-electron chi connectivity index (χ0n) is 17.7. The SMILES string of the molecule is CCNC(=NCC(C)N(CC)CC)NC1CCN(C(=O)C2CCCC2)C1.I. The Morgan fingerprint density at radius 2 is 1.85 bits per heavy atom. The number of likely N-dealkylation sites (N-methyl/N-ethyl adjacent to an activating group) is 1. The number of rotatable bonds is 8. The van der Waals surface area contributed by atoms with Crippen LogP contribution in [0.25, 0.3) is 0 Å². The molecule has 6 nitrogen and oxygen atoms in total. The summed E-state index contributed by atoms with van der Waals surface area (Å²) in [5, 5.41) is 6.91. The molecule has 27 heavy (non-hydrogen) atoms. The van der Waals surface area contributed by atoms with Gasteiger partial charge in [0.1, 0.15) is 0 Å². The quantitative estimate of drug-likeness (QED) is 0.310. The monoisotopic (exact) mass is 493 g/mol. The van der Waals surface area contributed by atoms with Gasteiger partial charge in [0.05, 0.1) is 6.54 Å². The first kappa shape index (κ1) is 24.5. The summed E-state index contributed by atoms with van der Waals surface area (Å²) in [5.74, 6) is 1.54. The highest BCUT2D eigenvalue weighted by atomic mass is 127. The highest BCUT2D eigenvalue weighted by molar-refractivity contribution is 14.0. The lowest BCUT2D eigenvalue weighted by atomic mass is 10.1. The third-order valence-corrected chi connectivity index (χ3v) is 5.84. The summed E-state index contributed by atoms with van der Waals surface area (Å²) in [4.78, 5) is 21.9. The summed E-state index contributed by atoms with van der Waals surface area (Å²) in [6.07, 6.45) is 5.61. The normalized spacial score (nSPS) is 22.0. The van der Waals surface area contributed by atoms with Crippen molar-refractivity contribution >= 4 is 35.8 Å². The summed E-state index contributed by atoms with van der Waals surface area (Å²) < 4.78 is 0. The molecule has 2 rings (SSSR count). The van der Waals surface area contributed by atoms with Gasteiger partial charge >= 0.3 is 0 Å². The Balaban J connectivity index is 0.00000364. The Hall–Kier alpha value is -0.570. The van der Waals surface area contributed by atoms with E-state index in [1.165, 1.54) is 12.8 Å². The van der Waals surface area contributed by atoms with E-state index in [4.69, 9.17) is 4.99 Å². The van der Waals surface area contributed by atoms with Crippen LogP contribution in [-0.2, 0) is 4.79 Å². The van der Waals surface area contributed by atoms with Crippen LogP contribution >= 0.6 is 24.0 Å². The van der Waals surface area contributed by atoms with E-state index >= 15 is 0 Å². The second-order valence-electron chi connectivity index (χ2n) is 7.69. The number of guanidine groups is 1. The summed E-state index contributed by atoms with van der Waals surface area (Å²) >= 11 is 0. The van der Waals surface area contributed by atoms with Gasteiger partial charge in [-0.15, -0.1) is 24.0 Å². The molecule has 1 aliphatic carbocycles. The van der Waals surface area contributed by atoms with E-state index in [0.717, 1.165) is 64.5 Å². The van der Waals surface area contributed by atoms with E-state index in [-0.39, 0.29) is 29.9 Å². The smallest absolute Gasteiger partial charge is 0.225 e. The molecule has 2 N–H and O–H groups in total. The summed E-state index contributed by atoms with van der Waals surface area (Å²) in [5.41, 5.74) is 0. The molecule has 0 aromatic rings. The molecule has 2 fully saturated rings. The molecule has 2 atom stereocenters. The zero-order valence-corrected chi connectivity index (χ0v) is 20.0. The van der Waals surface area contributed by atoms with Gasteiger partial charge in [-0.25, -0.2) is 0 Å². The molecule has 0 aromatic carbocycles. The predicted octanol–water partition coefficient (Wildman–Crippen LogP) is 2.68.